The molecule has 0 radical (unpaired) electrons. The highest BCUT2D eigenvalue weighted by atomic mass is 16.5. The Bertz CT molecular complexity index is 818. The quantitative estimate of drug-likeness (QED) is 0.620. The fourth-order valence-corrected chi connectivity index (χ4v) is 2.88. The zero-order chi connectivity index (χ0) is 17.1. The van der Waals surface area contributed by atoms with Crippen molar-refractivity contribution in [3.8, 4) is 5.75 Å². The average Bonchev–Trinajstić information content (AvgIpc) is 2.97. The summed E-state index contributed by atoms with van der Waals surface area (Å²) in [5.41, 5.74) is 6.18. The van der Waals surface area contributed by atoms with Crippen LogP contribution in [0.2, 0.25) is 0 Å². The van der Waals surface area contributed by atoms with Gasteiger partial charge in [-0.05, 0) is 67.1 Å². The molecule has 0 aliphatic carbocycles. The highest BCUT2D eigenvalue weighted by molar-refractivity contribution is 5.77. The Morgan fingerprint density at radius 3 is 2.50 bits per heavy atom. The molecule has 0 saturated heterocycles. The Morgan fingerprint density at radius 2 is 1.79 bits per heavy atom. The summed E-state index contributed by atoms with van der Waals surface area (Å²) in [6.45, 7) is 10.2. The van der Waals surface area contributed by atoms with E-state index in [0.29, 0.717) is 12.5 Å². The molecule has 0 fully saturated rings. The summed E-state index contributed by atoms with van der Waals surface area (Å²) in [7, 11) is 0. The number of fused-ring (bicyclic) bond motifs is 1. The van der Waals surface area contributed by atoms with Gasteiger partial charge in [0.2, 0.25) is 0 Å². The number of ether oxygens (including phenoxy) is 1. The molecular formula is C21H26N2O. The van der Waals surface area contributed by atoms with Gasteiger partial charge in [0.05, 0.1) is 23.9 Å². The van der Waals surface area contributed by atoms with Crippen molar-refractivity contribution in [2.24, 2.45) is 0 Å². The number of hydrogen-bond donors (Lipinski definition) is 0. The van der Waals surface area contributed by atoms with Crippen LogP contribution in [0, 0.1) is 13.8 Å². The molecule has 3 heteroatoms. The van der Waals surface area contributed by atoms with E-state index in [4.69, 9.17) is 4.74 Å². The summed E-state index contributed by atoms with van der Waals surface area (Å²) in [5.74, 6) is 1.53. The van der Waals surface area contributed by atoms with E-state index in [1.165, 1.54) is 22.2 Å². The molecule has 1 aromatic heterocycles. The van der Waals surface area contributed by atoms with E-state index in [2.05, 4.69) is 73.6 Å². The summed E-state index contributed by atoms with van der Waals surface area (Å²) in [5, 5.41) is 0. The van der Waals surface area contributed by atoms with Crippen molar-refractivity contribution in [3.63, 3.8) is 0 Å². The van der Waals surface area contributed by atoms with Crippen LogP contribution in [0.1, 0.15) is 42.9 Å². The summed E-state index contributed by atoms with van der Waals surface area (Å²) < 4.78 is 8.06. The summed E-state index contributed by atoms with van der Waals surface area (Å²) >= 11 is 0. The Hall–Kier alpha value is -2.29. The van der Waals surface area contributed by atoms with Gasteiger partial charge >= 0.3 is 0 Å². The van der Waals surface area contributed by atoms with E-state index in [1.54, 1.807) is 0 Å². The number of rotatable bonds is 6. The molecule has 0 N–H and O–H groups in total. The zero-order valence-corrected chi connectivity index (χ0v) is 15.0. The van der Waals surface area contributed by atoms with Crippen molar-refractivity contribution >= 4 is 11.0 Å². The molecule has 1 unspecified atom stereocenters. The lowest BCUT2D eigenvalue weighted by Gasteiger charge is -2.11. The third kappa shape index (κ3) is 3.45. The Morgan fingerprint density at radius 1 is 1.08 bits per heavy atom. The van der Waals surface area contributed by atoms with Gasteiger partial charge in [-0.2, -0.15) is 0 Å². The third-order valence-electron chi connectivity index (χ3n) is 4.90. The first-order valence-electron chi connectivity index (χ1n) is 8.73. The summed E-state index contributed by atoms with van der Waals surface area (Å²) in [4.78, 5) is 4.49. The third-order valence-corrected chi connectivity index (χ3v) is 4.90. The maximum Gasteiger partial charge on any atom is 0.119 e. The van der Waals surface area contributed by atoms with Crippen molar-refractivity contribution in [3.05, 3.63) is 59.4 Å². The van der Waals surface area contributed by atoms with Crippen LogP contribution in [0.25, 0.3) is 11.0 Å². The average molecular weight is 322 g/mol. The largest absolute Gasteiger partial charge is 0.492 e. The molecule has 1 heterocycles. The molecule has 0 spiro atoms. The first-order valence-corrected chi connectivity index (χ1v) is 8.73. The van der Waals surface area contributed by atoms with Gasteiger partial charge in [0.25, 0.3) is 0 Å². The van der Waals surface area contributed by atoms with Crippen molar-refractivity contribution in [1.29, 1.82) is 0 Å². The highest BCUT2D eigenvalue weighted by Crippen LogP contribution is 2.22. The highest BCUT2D eigenvalue weighted by Gasteiger charge is 2.06. The molecule has 0 aliphatic rings. The van der Waals surface area contributed by atoms with E-state index in [9.17, 15) is 0 Å². The van der Waals surface area contributed by atoms with Crippen LogP contribution in [0.5, 0.6) is 5.75 Å². The van der Waals surface area contributed by atoms with E-state index >= 15 is 0 Å². The molecule has 0 aliphatic heterocycles. The fourth-order valence-electron chi connectivity index (χ4n) is 2.88. The molecule has 126 valence electrons. The lowest BCUT2D eigenvalue weighted by molar-refractivity contribution is 0.300. The minimum Gasteiger partial charge on any atom is -0.492 e. The molecular weight excluding hydrogens is 296 g/mol. The van der Waals surface area contributed by atoms with Crippen molar-refractivity contribution in [2.45, 2.75) is 46.6 Å². The standard InChI is InChI=1S/C21H26N2O/c1-5-15(2)18-6-8-19(9-7-18)24-11-10-23-14-22-20-12-16(3)17(4)13-21(20)23/h6-9,12-15H,5,10-11H2,1-4H3. The van der Waals surface area contributed by atoms with Crippen LogP contribution in [-0.4, -0.2) is 16.2 Å². The van der Waals surface area contributed by atoms with Crippen LogP contribution in [0.4, 0.5) is 0 Å². The van der Waals surface area contributed by atoms with Gasteiger partial charge < -0.3 is 9.30 Å². The Labute approximate surface area is 144 Å². The van der Waals surface area contributed by atoms with Gasteiger partial charge in [-0.1, -0.05) is 26.0 Å². The molecule has 0 bridgehead atoms. The number of nitrogens with zero attached hydrogens (tertiary/aromatic N) is 2. The fraction of sp³-hybridized carbons (Fsp3) is 0.381. The van der Waals surface area contributed by atoms with Gasteiger partial charge in [-0.15, -0.1) is 0 Å². The summed E-state index contributed by atoms with van der Waals surface area (Å²) in [6.07, 6.45) is 3.06. The molecule has 24 heavy (non-hydrogen) atoms. The van der Waals surface area contributed by atoms with Crippen LogP contribution in [0.3, 0.4) is 0 Å². The second kappa shape index (κ2) is 7.08. The number of aryl methyl sites for hydroxylation is 2. The van der Waals surface area contributed by atoms with Gasteiger partial charge in [0.15, 0.2) is 0 Å². The maximum absolute atomic E-state index is 5.90. The molecule has 1 atom stereocenters. The Balaban J connectivity index is 1.63. The normalized spacial score (nSPS) is 12.5. The second-order valence-electron chi connectivity index (χ2n) is 6.59. The molecule has 3 rings (SSSR count). The monoisotopic (exact) mass is 322 g/mol. The number of benzene rings is 2. The molecule has 2 aromatic carbocycles. The number of aromatic nitrogens is 2. The summed E-state index contributed by atoms with van der Waals surface area (Å²) in [6, 6.07) is 12.8. The van der Waals surface area contributed by atoms with Crippen molar-refractivity contribution < 1.29 is 4.74 Å². The van der Waals surface area contributed by atoms with Crippen LogP contribution in [0.15, 0.2) is 42.7 Å². The Kier molecular flexibility index (Phi) is 4.89. The smallest absolute Gasteiger partial charge is 0.119 e. The molecule has 0 saturated carbocycles. The lowest BCUT2D eigenvalue weighted by Crippen LogP contribution is -2.07. The predicted molar refractivity (Wildman–Crippen MR) is 99.9 cm³/mol. The van der Waals surface area contributed by atoms with E-state index < -0.39 is 0 Å². The molecule has 3 nitrogen and oxygen atoms in total. The van der Waals surface area contributed by atoms with Gasteiger partial charge in [-0.3, -0.25) is 0 Å². The molecule has 0 amide bonds. The van der Waals surface area contributed by atoms with Crippen molar-refractivity contribution in [1.82, 2.24) is 9.55 Å². The predicted octanol–water partition coefficient (Wildman–Crippen LogP) is 5.25. The number of imidazole rings is 1. The van der Waals surface area contributed by atoms with Gasteiger partial charge in [0.1, 0.15) is 12.4 Å². The van der Waals surface area contributed by atoms with Crippen molar-refractivity contribution in [2.75, 3.05) is 6.61 Å². The lowest BCUT2D eigenvalue weighted by atomic mass is 9.99. The van der Waals surface area contributed by atoms with E-state index in [0.717, 1.165) is 24.2 Å². The van der Waals surface area contributed by atoms with Gasteiger partial charge in [-0.25, -0.2) is 4.98 Å². The first kappa shape index (κ1) is 16.6. The molecule has 3 aromatic rings. The topological polar surface area (TPSA) is 27.1 Å². The number of hydrogen-bond acceptors (Lipinski definition) is 2. The van der Waals surface area contributed by atoms with E-state index in [-0.39, 0.29) is 0 Å². The first-order chi connectivity index (χ1) is 11.6. The van der Waals surface area contributed by atoms with Crippen LogP contribution < -0.4 is 4.74 Å². The SMILES string of the molecule is CCC(C)c1ccc(OCCn2cnc3cc(C)c(C)cc32)cc1. The second-order valence-corrected chi connectivity index (χ2v) is 6.59. The maximum atomic E-state index is 5.90. The zero-order valence-electron chi connectivity index (χ0n) is 15.0. The van der Waals surface area contributed by atoms with Gasteiger partial charge in [0, 0.05) is 0 Å². The van der Waals surface area contributed by atoms with Crippen LogP contribution in [-0.2, 0) is 6.54 Å². The van der Waals surface area contributed by atoms with Crippen LogP contribution >= 0.6 is 0 Å². The minimum absolute atomic E-state index is 0.600. The van der Waals surface area contributed by atoms with E-state index in [1.807, 2.05) is 6.33 Å². The minimum atomic E-state index is 0.600.